The molecule has 0 aromatic carbocycles. The summed E-state index contributed by atoms with van der Waals surface area (Å²) in [5, 5.41) is 0. The fourth-order valence-electron chi connectivity index (χ4n) is 3.21. The summed E-state index contributed by atoms with van der Waals surface area (Å²) in [4.78, 5) is 25.8. The summed E-state index contributed by atoms with van der Waals surface area (Å²) >= 11 is 0. The quantitative estimate of drug-likeness (QED) is 0.676. The van der Waals surface area contributed by atoms with Gasteiger partial charge in [-0.05, 0) is 52.9 Å². The Balaban J connectivity index is 2.12. The van der Waals surface area contributed by atoms with Gasteiger partial charge in [-0.1, -0.05) is 0 Å². The molecule has 108 valence electrons. The predicted molar refractivity (Wildman–Crippen MR) is 73.0 cm³/mol. The third-order valence-electron chi connectivity index (χ3n) is 4.20. The van der Waals surface area contributed by atoms with E-state index < -0.39 is 5.60 Å². The first-order chi connectivity index (χ1) is 8.82. The Morgan fingerprint density at radius 2 is 1.79 bits per heavy atom. The van der Waals surface area contributed by atoms with E-state index in [2.05, 4.69) is 0 Å². The molecule has 0 aromatic heterocycles. The Kier molecular flexibility index (Phi) is 3.88. The van der Waals surface area contributed by atoms with Crippen molar-refractivity contribution in [2.45, 2.75) is 76.9 Å². The molecule has 1 heterocycles. The number of carbonyl (C=O) groups is 2. The minimum atomic E-state index is -0.458. The second-order valence-electron chi connectivity index (χ2n) is 6.85. The number of amides is 1. The number of Topliss-reactive ketones (excluding diaryl/α,β-unsaturated/α-hetero) is 1. The van der Waals surface area contributed by atoms with Gasteiger partial charge in [0.2, 0.25) is 0 Å². The lowest BCUT2D eigenvalue weighted by molar-refractivity contribution is -0.124. The Morgan fingerprint density at radius 1 is 1.16 bits per heavy atom. The first kappa shape index (κ1) is 14.4. The van der Waals surface area contributed by atoms with Crippen LogP contribution in [0.4, 0.5) is 4.79 Å². The van der Waals surface area contributed by atoms with E-state index in [1.54, 1.807) is 0 Å². The highest BCUT2D eigenvalue weighted by Crippen LogP contribution is 2.40. The van der Waals surface area contributed by atoms with Crippen LogP contribution in [0.1, 0.15) is 65.7 Å². The molecule has 1 saturated heterocycles. The normalized spacial score (nSPS) is 23.5. The first-order valence-electron chi connectivity index (χ1n) is 7.35. The minimum absolute atomic E-state index is 0.117. The average molecular weight is 267 g/mol. The number of piperidine rings is 1. The monoisotopic (exact) mass is 267 g/mol. The zero-order chi connectivity index (χ0) is 14.1. The van der Waals surface area contributed by atoms with Crippen LogP contribution in [0.5, 0.6) is 0 Å². The van der Waals surface area contributed by atoms with Gasteiger partial charge in [-0.3, -0.25) is 4.79 Å². The molecule has 0 bridgehead atoms. The highest BCUT2D eigenvalue weighted by Gasteiger charge is 2.45. The third-order valence-corrected chi connectivity index (χ3v) is 4.20. The average Bonchev–Trinajstić information content (AvgIpc) is 2.31. The molecule has 1 amide bonds. The lowest BCUT2D eigenvalue weighted by atomic mass is 9.74. The van der Waals surface area contributed by atoms with Gasteiger partial charge in [-0.2, -0.15) is 0 Å². The van der Waals surface area contributed by atoms with E-state index in [1.807, 2.05) is 25.7 Å². The summed E-state index contributed by atoms with van der Waals surface area (Å²) in [5.74, 6) is 0.334. The number of ether oxygens (including phenoxy) is 1. The maximum atomic E-state index is 12.4. The van der Waals surface area contributed by atoms with Crippen molar-refractivity contribution in [2.24, 2.45) is 0 Å². The third kappa shape index (κ3) is 3.28. The van der Waals surface area contributed by atoms with Crippen molar-refractivity contribution < 1.29 is 14.3 Å². The first-order valence-corrected chi connectivity index (χ1v) is 7.35. The van der Waals surface area contributed by atoms with Crippen LogP contribution in [0.2, 0.25) is 0 Å². The summed E-state index contributed by atoms with van der Waals surface area (Å²) in [6, 6.07) is 0. The predicted octanol–water partition coefficient (Wildman–Crippen LogP) is 3.29. The molecule has 1 saturated carbocycles. The van der Waals surface area contributed by atoms with Crippen molar-refractivity contribution >= 4 is 11.9 Å². The van der Waals surface area contributed by atoms with Crippen LogP contribution in [0.25, 0.3) is 0 Å². The summed E-state index contributed by atoms with van der Waals surface area (Å²) in [6.45, 7) is 6.45. The SMILES string of the molecule is CC(C)(C)OC(=O)N1CCCCC12CCC(=O)CC2. The Bertz CT molecular complexity index is 360. The zero-order valence-electron chi connectivity index (χ0n) is 12.3. The van der Waals surface area contributed by atoms with Crippen molar-refractivity contribution in [1.29, 1.82) is 0 Å². The lowest BCUT2D eigenvalue weighted by Crippen LogP contribution is -2.57. The number of ketones is 1. The molecule has 2 rings (SSSR count). The molecule has 0 radical (unpaired) electrons. The van der Waals surface area contributed by atoms with Crippen molar-refractivity contribution in [3.05, 3.63) is 0 Å². The van der Waals surface area contributed by atoms with E-state index in [4.69, 9.17) is 4.74 Å². The van der Waals surface area contributed by atoms with Crippen LogP contribution in [0, 0.1) is 0 Å². The molecule has 2 fully saturated rings. The molecule has 4 nitrogen and oxygen atoms in total. The Morgan fingerprint density at radius 3 is 2.37 bits per heavy atom. The van der Waals surface area contributed by atoms with E-state index in [0.29, 0.717) is 18.6 Å². The summed E-state index contributed by atoms with van der Waals surface area (Å²) in [5.41, 5.74) is -0.575. The summed E-state index contributed by atoms with van der Waals surface area (Å²) in [6.07, 6.45) is 5.83. The van der Waals surface area contributed by atoms with Crippen LogP contribution in [0.3, 0.4) is 0 Å². The fraction of sp³-hybridized carbons (Fsp3) is 0.867. The molecule has 1 aliphatic carbocycles. The van der Waals surface area contributed by atoms with Gasteiger partial charge in [0.15, 0.2) is 0 Å². The largest absolute Gasteiger partial charge is 0.444 e. The Hall–Kier alpha value is -1.06. The van der Waals surface area contributed by atoms with Crippen LogP contribution in [-0.2, 0) is 9.53 Å². The molecular formula is C15H25NO3. The molecular weight excluding hydrogens is 242 g/mol. The van der Waals surface area contributed by atoms with E-state index in [1.165, 1.54) is 0 Å². The van der Waals surface area contributed by atoms with Crippen LogP contribution >= 0.6 is 0 Å². The van der Waals surface area contributed by atoms with Crippen LogP contribution in [-0.4, -0.2) is 34.5 Å². The van der Waals surface area contributed by atoms with E-state index in [9.17, 15) is 9.59 Å². The van der Waals surface area contributed by atoms with Crippen LogP contribution in [0.15, 0.2) is 0 Å². The number of carbonyl (C=O) groups excluding carboxylic acids is 2. The fourth-order valence-corrected chi connectivity index (χ4v) is 3.21. The van der Waals surface area contributed by atoms with Gasteiger partial charge in [0.05, 0.1) is 0 Å². The number of nitrogens with zero attached hydrogens (tertiary/aromatic N) is 1. The van der Waals surface area contributed by atoms with Gasteiger partial charge in [-0.25, -0.2) is 4.79 Å². The van der Waals surface area contributed by atoms with Gasteiger partial charge < -0.3 is 9.64 Å². The second-order valence-corrected chi connectivity index (χ2v) is 6.85. The maximum absolute atomic E-state index is 12.4. The zero-order valence-corrected chi connectivity index (χ0v) is 12.3. The molecule has 0 aromatic rings. The topological polar surface area (TPSA) is 46.6 Å². The summed E-state index contributed by atoms with van der Waals surface area (Å²) in [7, 11) is 0. The second kappa shape index (κ2) is 5.14. The number of hydrogen-bond donors (Lipinski definition) is 0. The highest BCUT2D eigenvalue weighted by atomic mass is 16.6. The molecule has 0 N–H and O–H groups in total. The van der Waals surface area contributed by atoms with Crippen molar-refractivity contribution in [3.63, 3.8) is 0 Å². The molecule has 19 heavy (non-hydrogen) atoms. The van der Waals surface area contributed by atoms with Gasteiger partial charge in [0.25, 0.3) is 0 Å². The summed E-state index contributed by atoms with van der Waals surface area (Å²) < 4.78 is 5.53. The molecule has 1 spiro atoms. The molecule has 0 unspecified atom stereocenters. The smallest absolute Gasteiger partial charge is 0.410 e. The standard InChI is InChI=1S/C15H25NO3/c1-14(2,3)19-13(18)16-11-5-4-8-15(16)9-6-12(17)7-10-15/h4-11H2,1-3H3. The van der Waals surface area contributed by atoms with E-state index in [0.717, 1.165) is 38.6 Å². The van der Waals surface area contributed by atoms with E-state index in [-0.39, 0.29) is 11.6 Å². The molecule has 2 aliphatic rings. The lowest BCUT2D eigenvalue weighted by Gasteiger charge is -2.49. The van der Waals surface area contributed by atoms with Gasteiger partial charge >= 0.3 is 6.09 Å². The minimum Gasteiger partial charge on any atom is -0.444 e. The molecule has 1 aliphatic heterocycles. The van der Waals surface area contributed by atoms with Crippen LogP contribution < -0.4 is 0 Å². The van der Waals surface area contributed by atoms with Crippen molar-refractivity contribution in [1.82, 2.24) is 4.90 Å². The number of rotatable bonds is 0. The van der Waals surface area contributed by atoms with Gasteiger partial charge in [0.1, 0.15) is 11.4 Å². The van der Waals surface area contributed by atoms with Gasteiger partial charge in [-0.15, -0.1) is 0 Å². The molecule has 4 heteroatoms. The van der Waals surface area contributed by atoms with Gasteiger partial charge in [0, 0.05) is 24.9 Å². The van der Waals surface area contributed by atoms with Crippen molar-refractivity contribution in [3.8, 4) is 0 Å². The van der Waals surface area contributed by atoms with E-state index >= 15 is 0 Å². The number of likely N-dealkylation sites (tertiary alicyclic amines) is 1. The van der Waals surface area contributed by atoms with Crippen molar-refractivity contribution in [2.75, 3.05) is 6.54 Å². The molecule has 0 atom stereocenters. The highest BCUT2D eigenvalue weighted by molar-refractivity contribution is 5.80. The number of hydrogen-bond acceptors (Lipinski definition) is 3. The maximum Gasteiger partial charge on any atom is 0.410 e. The Labute approximate surface area is 115 Å².